The van der Waals surface area contributed by atoms with Crippen molar-refractivity contribution in [1.29, 1.82) is 0 Å². The van der Waals surface area contributed by atoms with Crippen LogP contribution in [0.25, 0.3) is 0 Å². The lowest BCUT2D eigenvalue weighted by molar-refractivity contribution is -0.140. The molecule has 0 aliphatic carbocycles. The molecule has 0 radical (unpaired) electrons. The summed E-state index contributed by atoms with van der Waals surface area (Å²) in [6, 6.07) is 0.811. The van der Waals surface area contributed by atoms with Crippen LogP contribution in [-0.2, 0) is 4.79 Å². The molecule has 1 amide bonds. The van der Waals surface area contributed by atoms with Crippen molar-refractivity contribution in [3.8, 4) is 0 Å². The van der Waals surface area contributed by atoms with Crippen LogP contribution in [0.3, 0.4) is 0 Å². The number of hydrogen-bond donors (Lipinski definition) is 2. The molecule has 5 nitrogen and oxygen atoms in total. The number of amides is 1. The largest absolute Gasteiger partial charge is 0.395 e. The van der Waals surface area contributed by atoms with Gasteiger partial charge in [-0.15, -0.1) is 0 Å². The molecule has 108 valence electrons. The zero-order valence-corrected chi connectivity index (χ0v) is 11.5. The quantitative estimate of drug-likeness (QED) is 0.717. The Hall–Kier alpha value is -0.650. The third-order valence-electron chi connectivity index (χ3n) is 5.34. The van der Waals surface area contributed by atoms with E-state index in [-0.39, 0.29) is 25.1 Å². The number of aliphatic hydroxyl groups is 1. The number of piperidine rings is 3. The second-order valence-electron chi connectivity index (χ2n) is 6.31. The number of carbonyl (C=O) groups excluding carboxylic acids is 1. The first-order valence-corrected chi connectivity index (χ1v) is 7.59. The molecular formula is C14H25N3O2. The molecular weight excluding hydrogens is 242 g/mol. The Morgan fingerprint density at radius 3 is 2.79 bits per heavy atom. The minimum absolute atomic E-state index is 0.0654. The summed E-state index contributed by atoms with van der Waals surface area (Å²) in [4.78, 5) is 16.4. The van der Waals surface area contributed by atoms with Crippen molar-refractivity contribution >= 4 is 5.91 Å². The molecule has 3 fully saturated rings. The highest BCUT2D eigenvalue weighted by Gasteiger charge is 2.47. The number of likely N-dealkylation sites (tertiary alicyclic amines) is 1. The first kappa shape index (κ1) is 13.3. The number of aliphatic hydroxyl groups excluding tert-OH is 1. The Labute approximate surface area is 114 Å². The number of nitrogens with two attached hydrogens (primary N) is 1. The summed E-state index contributed by atoms with van der Waals surface area (Å²) in [5.74, 6) is 1.07. The molecule has 3 aliphatic rings. The van der Waals surface area contributed by atoms with Crippen molar-refractivity contribution in [2.24, 2.45) is 17.6 Å². The van der Waals surface area contributed by atoms with Gasteiger partial charge in [-0.2, -0.15) is 0 Å². The number of nitrogens with zero attached hydrogens (tertiary/aromatic N) is 2. The normalized spacial score (nSPS) is 38.9. The van der Waals surface area contributed by atoms with Gasteiger partial charge in [0.25, 0.3) is 0 Å². The monoisotopic (exact) mass is 267 g/mol. The zero-order chi connectivity index (χ0) is 13.4. The van der Waals surface area contributed by atoms with Crippen molar-refractivity contribution in [3.63, 3.8) is 0 Å². The minimum atomic E-state index is 0.0654. The summed E-state index contributed by atoms with van der Waals surface area (Å²) in [6.07, 6.45) is 4.92. The lowest BCUT2D eigenvalue weighted by Gasteiger charge is -2.56. The average Bonchev–Trinajstić information content (AvgIpc) is 2.47. The van der Waals surface area contributed by atoms with Gasteiger partial charge >= 0.3 is 0 Å². The fourth-order valence-electron chi connectivity index (χ4n) is 4.49. The van der Waals surface area contributed by atoms with E-state index in [1.807, 2.05) is 4.90 Å². The molecule has 2 bridgehead atoms. The van der Waals surface area contributed by atoms with E-state index < -0.39 is 0 Å². The van der Waals surface area contributed by atoms with E-state index in [9.17, 15) is 9.90 Å². The third-order valence-corrected chi connectivity index (χ3v) is 5.34. The van der Waals surface area contributed by atoms with Crippen LogP contribution < -0.4 is 5.73 Å². The number of fused-ring (bicyclic) bond motifs is 4. The Bertz CT molecular complexity index is 336. The van der Waals surface area contributed by atoms with Crippen LogP contribution in [-0.4, -0.2) is 65.7 Å². The van der Waals surface area contributed by atoms with Gasteiger partial charge in [-0.05, 0) is 37.6 Å². The fourth-order valence-corrected chi connectivity index (χ4v) is 4.49. The Kier molecular flexibility index (Phi) is 3.78. The predicted molar refractivity (Wildman–Crippen MR) is 72.5 cm³/mol. The Balaban J connectivity index is 1.80. The van der Waals surface area contributed by atoms with Gasteiger partial charge in [-0.3, -0.25) is 9.69 Å². The SMILES string of the molecule is NCC(=O)N1C[C@H]2C[C@@H](C1)[C@H](CO)N1CCCC[C@@H]21. The van der Waals surface area contributed by atoms with Crippen LogP contribution in [0.4, 0.5) is 0 Å². The van der Waals surface area contributed by atoms with Gasteiger partial charge in [0.2, 0.25) is 5.91 Å². The van der Waals surface area contributed by atoms with E-state index in [0.29, 0.717) is 17.9 Å². The van der Waals surface area contributed by atoms with Gasteiger partial charge in [0.05, 0.1) is 13.2 Å². The van der Waals surface area contributed by atoms with E-state index in [1.54, 1.807) is 0 Å². The molecule has 0 aromatic rings. The maximum absolute atomic E-state index is 11.9. The maximum atomic E-state index is 11.9. The third kappa shape index (κ3) is 2.28. The first-order valence-electron chi connectivity index (χ1n) is 7.59. The highest BCUT2D eigenvalue weighted by molar-refractivity contribution is 5.78. The van der Waals surface area contributed by atoms with Crippen molar-refractivity contribution in [2.75, 3.05) is 32.8 Å². The molecule has 3 saturated heterocycles. The van der Waals surface area contributed by atoms with Gasteiger partial charge in [-0.25, -0.2) is 0 Å². The lowest BCUT2D eigenvalue weighted by Crippen LogP contribution is -2.65. The molecule has 3 N–H and O–H groups in total. The van der Waals surface area contributed by atoms with E-state index >= 15 is 0 Å². The summed E-state index contributed by atoms with van der Waals surface area (Å²) < 4.78 is 0. The topological polar surface area (TPSA) is 69.8 Å². The van der Waals surface area contributed by atoms with Crippen LogP contribution in [0.1, 0.15) is 25.7 Å². The fraction of sp³-hybridized carbons (Fsp3) is 0.929. The van der Waals surface area contributed by atoms with Crippen LogP contribution in [0.5, 0.6) is 0 Å². The molecule has 4 atom stereocenters. The molecule has 19 heavy (non-hydrogen) atoms. The van der Waals surface area contributed by atoms with Crippen LogP contribution in [0, 0.1) is 11.8 Å². The van der Waals surface area contributed by atoms with Gasteiger partial charge in [0.15, 0.2) is 0 Å². The highest BCUT2D eigenvalue weighted by Crippen LogP contribution is 2.40. The number of carbonyl (C=O) groups is 1. The second kappa shape index (κ2) is 5.38. The van der Waals surface area contributed by atoms with E-state index in [2.05, 4.69) is 4.90 Å². The van der Waals surface area contributed by atoms with Crippen LogP contribution in [0.2, 0.25) is 0 Å². The van der Waals surface area contributed by atoms with E-state index in [4.69, 9.17) is 5.73 Å². The molecule has 0 spiro atoms. The molecule has 3 heterocycles. The van der Waals surface area contributed by atoms with Gasteiger partial charge in [0, 0.05) is 25.2 Å². The first-order chi connectivity index (χ1) is 9.24. The Morgan fingerprint density at radius 1 is 1.26 bits per heavy atom. The molecule has 0 aromatic carbocycles. The van der Waals surface area contributed by atoms with E-state index in [0.717, 1.165) is 19.6 Å². The van der Waals surface area contributed by atoms with Crippen LogP contribution >= 0.6 is 0 Å². The van der Waals surface area contributed by atoms with Crippen LogP contribution in [0.15, 0.2) is 0 Å². The maximum Gasteiger partial charge on any atom is 0.236 e. The molecule has 5 heteroatoms. The second-order valence-corrected chi connectivity index (χ2v) is 6.31. The Morgan fingerprint density at radius 2 is 2.05 bits per heavy atom. The predicted octanol–water partition coefficient (Wildman–Crippen LogP) is -0.361. The number of rotatable bonds is 2. The average molecular weight is 267 g/mol. The summed E-state index contributed by atoms with van der Waals surface area (Å²) in [5.41, 5.74) is 5.50. The lowest BCUT2D eigenvalue weighted by atomic mass is 9.72. The van der Waals surface area contributed by atoms with Crippen molar-refractivity contribution in [1.82, 2.24) is 9.80 Å². The molecule has 3 aliphatic heterocycles. The summed E-state index contributed by atoms with van der Waals surface area (Å²) in [6.45, 7) is 3.09. The van der Waals surface area contributed by atoms with Gasteiger partial charge in [0.1, 0.15) is 0 Å². The standard InChI is InChI=1S/C14H25N3O2/c15-6-14(19)16-7-10-5-11(8-16)13(9-18)17-4-2-1-3-12(10)17/h10-13,18H,1-9,15H2/t10-,11+,12+,13+/m1/s1. The van der Waals surface area contributed by atoms with Crippen molar-refractivity contribution in [3.05, 3.63) is 0 Å². The molecule has 3 rings (SSSR count). The van der Waals surface area contributed by atoms with Crippen molar-refractivity contribution < 1.29 is 9.90 Å². The summed E-state index contributed by atoms with van der Waals surface area (Å²) >= 11 is 0. The number of hydrogen-bond acceptors (Lipinski definition) is 4. The summed E-state index contributed by atoms with van der Waals surface area (Å²) in [7, 11) is 0. The molecule has 0 aromatic heterocycles. The molecule has 0 saturated carbocycles. The van der Waals surface area contributed by atoms with Gasteiger partial charge in [-0.1, -0.05) is 6.42 Å². The zero-order valence-electron chi connectivity index (χ0n) is 11.5. The smallest absolute Gasteiger partial charge is 0.236 e. The molecule has 0 unspecified atom stereocenters. The summed E-state index contributed by atoms with van der Waals surface area (Å²) in [5, 5.41) is 9.75. The van der Waals surface area contributed by atoms with Crippen molar-refractivity contribution in [2.45, 2.75) is 37.8 Å². The van der Waals surface area contributed by atoms with E-state index in [1.165, 1.54) is 25.7 Å². The highest BCUT2D eigenvalue weighted by atomic mass is 16.3. The minimum Gasteiger partial charge on any atom is -0.395 e. The van der Waals surface area contributed by atoms with Gasteiger partial charge < -0.3 is 15.7 Å².